The Kier molecular flexibility index (Phi) is 5.05. The Labute approximate surface area is 111 Å². The van der Waals surface area contributed by atoms with Crippen molar-refractivity contribution in [2.45, 2.75) is 37.4 Å². The second-order valence-corrected chi connectivity index (χ2v) is 6.57. The highest BCUT2D eigenvalue weighted by Crippen LogP contribution is 2.23. The smallest absolute Gasteiger partial charge is 0.142 e. The Bertz CT molecular complexity index is 403. The van der Waals surface area contributed by atoms with Gasteiger partial charge >= 0.3 is 0 Å². The molecule has 0 spiro atoms. The highest BCUT2D eigenvalue weighted by Gasteiger charge is 2.20. The second-order valence-electron chi connectivity index (χ2n) is 4.73. The van der Waals surface area contributed by atoms with Gasteiger partial charge in [-0.15, -0.1) is 0 Å². The minimum atomic E-state index is -0.670. The van der Waals surface area contributed by atoms with Gasteiger partial charge in [-0.05, 0) is 31.4 Å². The number of hydrogen-bond donors (Lipinski definition) is 1. The molecule has 100 valence electrons. The van der Waals surface area contributed by atoms with Crippen LogP contribution in [0.1, 0.15) is 32.1 Å². The molecule has 18 heavy (non-hydrogen) atoms. The molecule has 0 radical (unpaired) electrons. The molecule has 0 heterocycles. The standard InChI is InChI=1S/C14H21NO2S/c15-13-8-3-4-9-14(13)17-10-5-11-18(16)12-6-1-2-7-12/h3-4,8-9,12H,1-2,5-7,10-11,15H2. The lowest BCUT2D eigenvalue weighted by atomic mass is 10.3. The Balaban J connectivity index is 1.67. The van der Waals surface area contributed by atoms with E-state index < -0.39 is 10.8 Å². The van der Waals surface area contributed by atoms with Crippen LogP contribution in [0.2, 0.25) is 0 Å². The van der Waals surface area contributed by atoms with Crippen LogP contribution in [-0.2, 0) is 10.8 Å². The van der Waals surface area contributed by atoms with Crippen molar-refractivity contribution in [2.75, 3.05) is 18.1 Å². The molecule has 0 aromatic heterocycles. The first kappa shape index (κ1) is 13.4. The molecule has 1 aromatic carbocycles. The summed E-state index contributed by atoms with van der Waals surface area (Å²) in [5.41, 5.74) is 6.44. The van der Waals surface area contributed by atoms with E-state index in [-0.39, 0.29) is 0 Å². The van der Waals surface area contributed by atoms with Crippen molar-refractivity contribution in [3.05, 3.63) is 24.3 Å². The number of rotatable bonds is 6. The van der Waals surface area contributed by atoms with Crippen LogP contribution >= 0.6 is 0 Å². The van der Waals surface area contributed by atoms with Gasteiger partial charge in [-0.2, -0.15) is 0 Å². The first-order valence-corrected chi connectivity index (χ1v) is 8.00. The fourth-order valence-electron chi connectivity index (χ4n) is 2.31. The zero-order valence-corrected chi connectivity index (χ0v) is 11.5. The molecule has 2 rings (SSSR count). The van der Waals surface area contributed by atoms with Gasteiger partial charge in [-0.1, -0.05) is 25.0 Å². The highest BCUT2D eigenvalue weighted by atomic mass is 32.2. The first-order valence-electron chi connectivity index (χ1n) is 6.62. The van der Waals surface area contributed by atoms with Crippen molar-refractivity contribution in [1.82, 2.24) is 0 Å². The van der Waals surface area contributed by atoms with Crippen molar-refractivity contribution >= 4 is 16.5 Å². The Hall–Kier alpha value is -1.03. The fraction of sp³-hybridized carbons (Fsp3) is 0.571. The van der Waals surface area contributed by atoms with E-state index in [1.54, 1.807) is 0 Å². The maximum absolute atomic E-state index is 12.0. The Morgan fingerprint density at radius 2 is 2.00 bits per heavy atom. The van der Waals surface area contributed by atoms with Crippen molar-refractivity contribution in [2.24, 2.45) is 0 Å². The molecule has 0 saturated heterocycles. The summed E-state index contributed by atoms with van der Waals surface area (Å²) in [5, 5.41) is 0.437. The van der Waals surface area contributed by atoms with E-state index in [2.05, 4.69) is 0 Å². The van der Waals surface area contributed by atoms with Crippen LogP contribution in [0.15, 0.2) is 24.3 Å². The molecular formula is C14H21NO2S. The van der Waals surface area contributed by atoms with E-state index in [0.29, 0.717) is 17.5 Å². The molecule has 1 aliphatic rings. The molecule has 1 unspecified atom stereocenters. The molecule has 1 aliphatic carbocycles. The van der Waals surface area contributed by atoms with Crippen molar-refractivity contribution in [3.8, 4) is 5.75 Å². The van der Waals surface area contributed by atoms with Crippen molar-refractivity contribution in [1.29, 1.82) is 0 Å². The first-order chi connectivity index (χ1) is 8.77. The van der Waals surface area contributed by atoms with E-state index in [4.69, 9.17) is 10.5 Å². The molecule has 2 N–H and O–H groups in total. The quantitative estimate of drug-likeness (QED) is 0.637. The van der Waals surface area contributed by atoms with Gasteiger partial charge in [0.2, 0.25) is 0 Å². The van der Waals surface area contributed by atoms with Crippen LogP contribution < -0.4 is 10.5 Å². The van der Waals surface area contributed by atoms with Gasteiger partial charge < -0.3 is 10.5 Å². The van der Waals surface area contributed by atoms with E-state index in [0.717, 1.165) is 30.8 Å². The molecule has 4 heteroatoms. The van der Waals surface area contributed by atoms with Gasteiger partial charge in [0.15, 0.2) is 0 Å². The second kappa shape index (κ2) is 6.78. The van der Waals surface area contributed by atoms with Crippen LogP contribution in [0.4, 0.5) is 5.69 Å². The Morgan fingerprint density at radius 3 is 2.72 bits per heavy atom. The number of nitrogen functional groups attached to an aromatic ring is 1. The fourth-order valence-corrected chi connectivity index (χ4v) is 3.91. The minimum Gasteiger partial charge on any atom is -0.491 e. The number of nitrogens with two attached hydrogens (primary N) is 1. The molecule has 3 nitrogen and oxygen atoms in total. The van der Waals surface area contributed by atoms with Gasteiger partial charge in [0.25, 0.3) is 0 Å². The van der Waals surface area contributed by atoms with Crippen molar-refractivity contribution < 1.29 is 8.95 Å². The molecule has 0 amide bonds. The maximum Gasteiger partial charge on any atom is 0.142 e. The lowest BCUT2D eigenvalue weighted by Crippen LogP contribution is -2.15. The normalized spacial score (nSPS) is 17.8. The summed E-state index contributed by atoms with van der Waals surface area (Å²) in [6.45, 7) is 0.590. The van der Waals surface area contributed by atoms with Crippen LogP contribution in [0.25, 0.3) is 0 Å². The minimum absolute atomic E-state index is 0.437. The van der Waals surface area contributed by atoms with E-state index >= 15 is 0 Å². The summed E-state index contributed by atoms with van der Waals surface area (Å²) in [5.74, 6) is 1.47. The summed E-state index contributed by atoms with van der Waals surface area (Å²) >= 11 is 0. The number of anilines is 1. The average molecular weight is 267 g/mol. The SMILES string of the molecule is Nc1ccccc1OCCCS(=O)C1CCCC1. The number of hydrogen-bond acceptors (Lipinski definition) is 3. The molecule has 0 aliphatic heterocycles. The maximum atomic E-state index is 12.0. The Morgan fingerprint density at radius 1 is 1.28 bits per heavy atom. The molecule has 0 bridgehead atoms. The third-order valence-electron chi connectivity index (χ3n) is 3.34. The van der Waals surface area contributed by atoms with Crippen LogP contribution in [0, 0.1) is 0 Å². The average Bonchev–Trinajstić information content (AvgIpc) is 2.90. The van der Waals surface area contributed by atoms with Gasteiger partial charge in [0.05, 0.1) is 12.3 Å². The summed E-state index contributed by atoms with van der Waals surface area (Å²) in [4.78, 5) is 0. The number of ether oxygens (including phenoxy) is 1. The predicted octanol–water partition coefficient (Wildman–Crippen LogP) is 2.73. The summed E-state index contributed by atoms with van der Waals surface area (Å²) in [7, 11) is -0.670. The van der Waals surface area contributed by atoms with E-state index in [1.165, 1.54) is 12.8 Å². The molecule has 1 saturated carbocycles. The zero-order chi connectivity index (χ0) is 12.8. The van der Waals surface area contributed by atoms with Crippen LogP contribution in [0.5, 0.6) is 5.75 Å². The molecule has 1 fully saturated rings. The van der Waals surface area contributed by atoms with Crippen LogP contribution in [-0.4, -0.2) is 21.8 Å². The van der Waals surface area contributed by atoms with E-state index in [9.17, 15) is 4.21 Å². The van der Waals surface area contributed by atoms with Gasteiger partial charge in [-0.3, -0.25) is 4.21 Å². The van der Waals surface area contributed by atoms with Crippen molar-refractivity contribution in [3.63, 3.8) is 0 Å². The molecule has 1 atom stereocenters. The number of benzene rings is 1. The third kappa shape index (κ3) is 3.73. The van der Waals surface area contributed by atoms with Crippen LogP contribution in [0.3, 0.4) is 0 Å². The van der Waals surface area contributed by atoms with E-state index in [1.807, 2.05) is 24.3 Å². The zero-order valence-electron chi connectivity index (χ0n) is 10.6. The van der Waals surface area contributed by atoms with Gasteiger partial charge in [-0.25, -0.2) is 0 Å². The topological polar surface area (TPSA) is 52.3 Å². The largest absolute Gasteiger partial charge is 0.491 e. The summed E-state index contributed by atoms with van der Waals surface area (Å²) < 4.78 is 17.5. The van der Waals surface area contributed by atoms with Gasteiger partial charge in [0, 0.05) is 21.8 Å². The summed E-state index contributed by atoms with van der Waals surface area (Å²) in [6, 6.07) is 7.48. The molecular weight excluding hydrogens is 246 g/mol. The lowest BCUT2D eigenvalue weighted by Gasteiger charge is -2.10. The summed E-state index contributed by atoms with van der Waals surface area (Å²) in [6.07, 6.45) is 5.59. The number of para-hydroxylation sites is 2. The lowest BCUT2D eigenvalue weighted by molar-refractivity contribution is 0.320. The molecule has 1 aromatic rings. The monoisotopic (exact) mass is 267 g/mol. The predicted molar refractivity (Wildman–Crippen MR) is 76.2 cm³/mol. The van der Waals surface area contributed by atoms with Gasteiger partial charge in [0.1, 0.15) is 5.75 Å². The highest BCUT2D eigenvalue weighted by molar-refractivity contribution is 7.85. The third-order valence-corrected chi connectivity index (χ3v) is 5.25.